The lowest BCUT2D eigenvalue weighted by molar-refractivity contribution is 0.868. The topological polar surface area (TPSA) is 15.8 Å². The number of halogens is 1. The Bertz CT molecular complexity index is 695. The normalized spacial score (nSPS) is 11.8. The maximum atomic E-state index is 6.04. The van der Waals surface area contributed by atoms with Crippen molar-refractivity contribution in [3.05, 3.63) is 47.0 Å². The van der Waals surface area contributed by atoms with Crippen molar-refractivity contribution in [3.8, 4) is 0 Å². The highest BCUT2D eigenvalue weighted by Crippen LogP contribution is 2.29. The Morgan fingerprint density at radius 1 is 0.941 bits per heavy atom. The summed E-state index contributed by atoms with van der Waals surface area (Å²) in [6, 6.07) is 12.6. The first-order valence-corrected chi connectivity index (χ1v) is 6.24. The molecule has 0 spiro atoms. The van der Waals surface area contributed by atoms with Gasteiger partial charge in [0.2, 0.25) is 0 Å². The molecule has 0 fully saturated rings. The van der Waals surface area contributed by atoms with Gasteiger partial charge in [-0.1, -0.05) is 37.6 Å². The van der Waals surface area contributed by atoms with Crippen molar-refractivity contribution in [1.82, 2.24) is 4.98 Å². The SMILES string of the molecule is CC(C)c1ccc2c(c1)[nH]c1ccc(Cl)cc12. The summed E-state index contributed by atoms with van der Waals surface area (Å²) in [5, 5.41) is 3.22. The van der Waals surface area contributed by atoms with Crippen molar-refractivity contribution in [1.29, 1.82) is 0 Å². The van der Waals surface area contributed by atoms with E-state index < -0.39 is 0 Å². The number of fused-ring (bicyclic) bond motifs is 3. The molecule has 0 saturated carbocycles. The molecule has 1 aromatic heterocycles. The molecule has 17 heavy (non-hydrogen) atoms. The highest BCUT2D eigenvalue weighted by Gasteiger charge is 2.06. The second kappa shape index (κ2) is 3.78. The number of benzene rings is 2. The zero-order chi connectivity index (χ0) is 12.0. The zero-order valence-corrected chi connectivity index (χ0v) is 10.7. The Morgan fingerprint density at radius 3 is 2.53 bits per heavy atom. The van der Waals surface area contributed by atoms with Crippen molar-refractivity contribution < 1.29 is 0 Å². The molecule has 0 bridgehead atoms. The maximum Gasteiger partial charge on any atom is 0.0467 e. The van der Waals surface area contributed by atoms with Crippen LogP contribution in [0.3, 0.4) is 0 Å². The van der Waals surface area contributed by atoms with Crippen molar-refractivity contribution in [2.75, 3.05) is 0 Å². The summed E-state index contributed by atoms with van der Waals surface area (Å²) in [6.07, 6.45) is 0. The molecule has 0 aliphatic rings. The number of nitrogens with one attached hydrogen (secondary N) is 1. The minimum absolute atomic E-state index is 0.550. The van der Waals surface area contributed by atoms with Crippen molar-refractivity contribution in [3.63, 3.8) is 0 Å². The summed E-state index contributed by atoms with van der Waals surface area (Å²) in [6.45, 7) is 4.42. The van der Waals surface area contributed by atoms with Gasteiger partial charge in [-0.15, -0.1) is 0 Å². The lowest BCUT2D eigenvalue weighted by Gasteiger charge is -2.04. The molecule has 0 aliphatic carbocycles. The molecule has 3 aromatic rings. The van der Waals surface area contributed by atoms with Crippen LogP contribution in [0.1, 0.15) is 25.3 Å². The smallest absolute Gasteiger partial charge is 0.0467 e. The van der Waals surface area contributed by atoms with Crippen LogP contribution in [0.25, 0.3) is 21.8 Å². The first-order chi connectivity index (χ1) is 8.15. The minimum atomic E-state index is 0.550. The first kappa shape index (κ1) is 10.7. The van der Waals surface area contributed by atoms with E-state index in [-0.39, 0.29) is 0 Å². The van der Waals surface area contributed by atoms with Crippen LogP contribution in [-0.2, 0) is 0 Å². The van der Waals surface area contributed by atoms with Gasteiger partial charge in [0, 0.05) is 26.8 Å². The van der Waals surface area contributed by atoms with Gasteiger partial charge in [-0.2, -0.15) is 0 Å². The summed E-state index contributed by atoms with van der Waals surface area (Å²) in [7, 11) is 0. The van der Waals surface area contributed by atoms with Crippen molar-refractivity contribution >= 4 is 33.4 Å². The van der Waals surface area contributed by atoms with Gasteiger partial charge < -0.3 is 4.98 Å². The maximum absolute atomic E-state index is 6.04. The van der Waals surface area contributed by atoms with E-state index in [0.29, 0.717) is 5.92 Å². The van der Waals surface area contributed by atoms with E-state index in [2.05, 4.69) is 37.0 Å². The molecule has 0 amide bonds. The van der Waals surface area contributed by atoms with Crippen LogP contribution in [0.5, 0.6) is 0 Å². The summed E-state index contributed by atoms with van der Waals surface area (Å²) in [5.41, 5.74) is 3.69. The Hall–Kier alpha value is -1.47. The molecule has 0 radical (unpaired) electrons. The fourth-order valence-electron chi connectivity index (χ4n) is 2.25. The summed E-state index contributed by atoms with van der Waals surface area (Å²) < 4.78 is 0. The van der Waals surface area contributed by atoms with Crippen LogP contribution in [0, 0.1) is 0 Å². The fourth-order valence-corrected chi connectivity index (χ4v) is 2.42. The number of hydrogen-bond donors (Lipinski definition) is 1. The zero-order valence-electron chi connectivity index (χ0n) is 9.92. The number of aromatic nitrogens is 1. The molecule has 0 saturated heterocycles. The predicted octanol–water partition coefficient (Wildman–Crippen LogP) is 5.10. The molecule has 1 nitrogen and oxygen atoms in total. The van der Waals surface area contributed by atoms with Crippen molar-refractivity contribution in [2.45, 2.75) is 19.8 Å². The predicted molar refractivity (Wildman–Crippen MR) is 74.9 cm³/mol. The van der Waals surface area contributed by atoms with Crippen LogP contribution < -0.4 is 0 Å². The van der Waals surface area contributed by atoms with E-state index in [9.17, 15) is 0 Å². The second-order valence-corrected chi connectivity index (χ2v) is 5.21. The van der Waals surface area contributed by atoms with Crippen molar-refractivity contribution in [2.24, 2.45) is 0 Å². The van der Waals surface area contributed by atoms with Gasteiger partial charge in [0.1, 0.15) is 0 Å². The lowest BCUT2D eigenvalue weighted by Crippen LogP contribution is -1.85. The Labute approximate surface area is 105 Å². The van der Waals surface area contributed by atoms with Gasteiger partial charge in [0.15, 0.2) is 0 Å². The van der Waals surface area contributed by atoms with Crippen LogP contribution in [0.2, 0.25) is 5.02 Å². The monoisotopic (exact) mass is 243 g/mol. The van der Waals surface area contributed by atoms with E-state index in [0.717, 1.165) is 10.5 Å². The fraction of sp³-hybridized carbons (Fsp3) is 0.200. The van der Waals surface area contributed by atoms with Gasteiger partial charge in [-0.25, -0.2) is 0 Å². The second-order valence-electron chi connectivity index (χ2n) is 4.77. The number of aromatic amines is 1. The molecule has 2 heteroatoms. The Morgan fingerprint density at radius 2 is 1.76 bits per heavy atom. The molecule has 2 aromatic carbocycles. The van der Waals surface area contributed by atoms with Gasteiger partial charge in [0.25, 0.3) is 0 Å². The van der Waals surface area contributed by atoms with Crippen LogP contribution in [0.4, 0.5) is 0 Å². The third kappa shape index (κ3) is 1.71. The van der Waals surface area contributed by atoms with E-state index in [1.165, 1.54) is 21.9 Å². The molecule has 0 unspecified atom stereocenters. The highest BCUT2D eigenvalue weighted by atomic mass is 35.5. The molecule has 1 N–H and O–H groups in total. The number of rotatable bonds is 1. The third-order valence-electron chi connectivity index (χ3n) is 3.25. The Balaban J connectivity index is 2.36. The lowest BCUT2D eigenvalue weighted by atomic mass is 10.0. The molecule has 3 rings (SSSR count). The molecule has 86 valence electrons. The standard InChI is InChI=1S/C15H14ClN/c1-9(2)10-3-5-12-13-8-11(16)4-6-14(13)17-15(12)7-10/h3-9,17H,1-2H3. The molecule has 0 atom stereocenters. The van der Waals surface area contributed by atoms with Gasteiger partial charge in [-0.3, -0.25) is 0 Å². The quantitative estimate of drug-likeness (QED) is 0.612. The number of H-pyrrole nitrogens is 1. The van der Waals surface area contributed by atoms with Gasteiger partial charge >= 0.3 is 0 Å². The van der Waals surface area contributed by atoms with Gasteiger partial charge in [-0.05, 0) is 35.7 Å². The average molecular weight is 244 g/mol. The number of hydrogen-bond acceptors (Lipinski definition) is 0. The first-order valence-electron chi connectivity index (χ1n) is 5.86. The average Bonchev–Trinajstić information content (AvgIpc) is 2.66. The summed E-state index contributed by atoms with van der Waals surface area (Å²) in [4.78, 5) is 3.44. The summed E-state index contributed by atoms with van der Waals surface area (Å²) >= 11 is 6.04. The summed E-state index contributed by atoms with van der Waals surface area (Å²) in [5.74, 6) is 0.550. The Kier molecular flexibility index (Phi) is 2.37. The van der Waals surface area contributed by atoms with E-state index >= 15 is 0 Å². The van der Waals surface area contributed by atoms with E-state index in [1.54, 1.807) is 0 Å². The molecule has 1 heterocycles. The third-order valence-corrected chi connectivity index (χ3v) is 3.49. The van der Waals surface area contributed by atoms with Crippen LogP contribution >= 0.6 is 11.6 Å². The van der Waals surface area contributed by atoms with E-state index in [1.807, 2.05) is 18.2 Å². The van der Waals surface area contributed by atoms with Crippen LogP contribution in [0.15, 0.2) is 36.4 Å². The highest BCUT2D eigenvalue weighted by molar-refractivity contribution is 6.31. The van der Waals surface area contributed by atoms with Crippen LogP contribution in [-0.4, -0.2) is 4.98 Å². The minimum Gasteiger partial charge on any atom is -0.355 e. The largest absolute Gasteiger partial charge is 0.355 e. The molecule has 0 aliphatic heterocycles. The van der Waals surface area contributed by atoms with Gasteiger partial charge in [0.05, 0.1) is 0 Å². The van der Waals surface area contributed by atoms with E-state index in [4.69, 9.17) is 11.6 Å². The molecular formula is C15H14ClN. The molecular weight excluding hydrogens is 230 g/mol.